The Kier molecular flexibility index (Phi) is 3.44. The van der Waals surface area contributed by atoms with Crippen molar-refractivity contribution in [3.8, 4) is 0 Å². The van der Waals surface area contributed by atoms with E-state index in [1.165, 1.54) is 12.0 Å². The number of Topliss-reactive ketones (excluding diaryl/α,β-unsaturated/α-hetero) is 1. The molecule has 3 heteroatoms. The van der Waals surface area contributed by atoms with Crippen molar-refractivity contribution in [3.05, 3.63) is 11.6 Å². The van der Waals surface area contributed by atoms with Gasteiger partial charge in [0.1, 0.15) is 5.78 Å². The fourth-order valence-corrected chi connectivity index (χ4v) is 7.42. The predicted octanol–water partition coefficient (Wildman–Crippen LogP) is 4.25. The first-order chi connectivity index (χ1) is 10.4. The maximum Gasteiger partial charge on any atom is 0.139 e. The number of carbonyl (C=O) groups excluding carboxylic acids is 1. The van der Waals surface area contributed by atoms with Crippen molar-refractivity contribution < 1.29 is 9.90 Å². The molecule has 4 aliphatic rings. The molecule has 0 spiro atoms. The third-order valence-corrected chi connectivity index (χ3v) is 8.93. The van der Waals surface area contributed by atoms with Crippen LogP contribution in [0, 0.1) is 28.6 Å². The Morgan fingerprint density at radius 2 is 1.82 bits per heavy atom. The molecule has 0 aromatic rings. The zero-order chi connectivity index (χ0) is 15.7. The lowest BCUT2D eigenvalue weighted by molar-refractivity contribution is -0.131. The van der Waals surface area contributed by atoms with Crippen molar-refractivity contribution >= 4 is 21.7 Å². The Balaban J connectivity index is 1.71. The smallest absolute Gasteiger partial charge is 0.139 e. The first kappa shape index (κ1) is 15.4. The summed E-state index contributed by atoms with van der Waals surface area (Å²) >= 11 is 3.75. The second-order valence-electron chi connectivity index (χ2n) is 8.62. The number of alkyl halides is 1. The van der Waals surface area contributed by atoms with Gasteiger partial charge in [-0.1, -0.05) is 41.4 Å². The molecule has 1 N–H and O–H groups in total. The summed E-state index contributed by atoms with van der Waals surface area (Å²) in [6.45, 7) is 4.66. The van der Waals surface area contributed by atoms with Gasteiger partial charge in [-0.15, -0.1) is 0 Å². The molecule has 0 saturated heterocycles. The molecule has 4 aliphatic carbocycles. The number of hydrogen-bond donors (Lipinski definition) is 1. The Labute approximate surface area is 141 Å². The fraction of sp³-hybridized carbons (Fsp3) is 0.842. The molecule has 4 rings (SSSR count). The van der Waals surface area contributed by atoms with Crippen molar-refractivity contribution in [1.82, 2.24) is 0 Å². The predicted molar refractivity (Wildman–Crippen MR) is 90.8 cm³/mol. The number of carbonyl (C=O) groups is 1. The molecular weight excluding hydrogens is 340 g/mol. The molecule has 7 atom stereocenters. The first-order valence-electron chi connectivity index (χ1n) is 8.94. The van der Waals surface area contributed by atoms with E-state index in [4.69, 9.17) is 0 Å². The van der Waals surface area contributed by atoms with Crippen LogP contribution in [0.2, 0.25) is 0 Å². The van der Waals surface area contributed by atoms with Gasteiger partial charge in [-0.25, -0.2) is 0 Å². The average Bonchev–Trinajstić information content (AvgIpc) is 2.79. The SMILES string of the molecule is C[C@]12CC[C@H](O)C(Br)C1=CC[C@@H]1[C@@H]2CC[C@]2(C)C(=O)CC[C@@H]12. The lowest BCUT2D eigenvalue weighted by atomic mass is 9.48. The quantitative estimate of drug-likeness (QED) is 0.513. The van der Waals surface area contributed by atoms with Crippen LogP contribution in [0.1, 0.15) is 58.8 Å². The molecular formula is C19H27BrO2. The molecule has 2 nitrogen and oxygen atoms in total. The minimum Gasteiger partial charge on any atom is -0.392 e. The molecule has 0 radical (unpaired) electrons. The summed E-state index contributed by atoms with van der Waals surface area (Å²) in [6.07, 6.45) is 9.46. The highest BCUT2D eigenvalue weighted by Crippen LogP contribution is 2.64. The van der Waals surface area contributed by atoms with Crippen molar-refractivity contribution in [2.75, 3.05) is 0 Å². The van der Waals surface area contributed by atoms with Gasteiger partial charge in [-0.3, -0.25) is 4.79 Å². The van der Waals surface area contributed by atoms with Crippen LogP contribution in [0.25, 0.3) is 0 Å². The van der Waals surface area contributed by atoms with Gasteiger partial charge in [0.05, 0.1) is 10.9 Å². The van der Waals surface area contributed by atoms with E-state index < -0.39 is 0 Å². The van der Waals surface area contributed by atoms with Gasteiger partial charge in [0, 0.05) is 11.8 Å². The Bertz CT molecular complexity index is 542. The summed E-state index contributed by atoms with van der Waals surface area (Å²) in [7, 11) is 0. The van der Waals surface area contributed by atoms with E-state index in [0.717, 1.165) is 38.5 Å². The molecule has 0 aliphatic heterocycles. The van der Waals surface area contributed by atoms with Crippen molar-refractivity contribution in [1.29, 1.82) is 0 Å². The zero-order valence-corrected chi connectivity index (χ0v) is 15.2. The number of ketones is 1. The van der Waals surface area contributed by atoms with Crippen LogP contribution in [-0.2, 0) is 4.79 Å². The molecule has 0 aromatic carbocycles. The van der Waals surface area contributed by atoms with E-state index in [1.807, 2.05) is 0 Å². The molecule has 3 saturated carbocycles. The molecule has 0 heterocycles. The fourth-order valence-electron chi connectivity index (χ4n) is 6.45. The van der Waals surface area contributed by atoms with Gasteiger partial charge in [-0.2, -0.15) is 0 Å². The van der Waals surface area contributed by atoms with Gasteiger partial charge in [0.15, 0.2) is 0 Å². The highest BCUT2D eigenvalue weighted by Gasteiger charge is 2.59. The zero-order valence-electron chi connectivity index (χ0n) is 13.6. The van der Waals surface area contributed by atoms with Gasteiger partial charge in [0.2, 0.25) is 0 Å². The Hall–Kier alpha value is -0.150. The van der Waals surface area contributed by atoms with Crippen LogP contribution in [-0.4, -0.2) is 21.8 Å². The van der Waals surface area contributed by atoms with Gasteiger partial charge in [-0.05, 0) is 61.7 Å². The van der Waals surface area contributed by atoms with Crippen LogP contribution < -0.4 is 0 Å². The van der Waals surface area contributed by atoms with E-state index >= 15 is 0 Å². The first-order valence-corrected chi connectivity index (χ1v) is 9.85. The minimum atomic E-state index is -0.238. The van der Waals surface area contributed by atoms with Crippen molar-refractivity contribution in [2.24, 2.45) is 28.6 Å². The summed E-state index contributed by atoms with van der Waals surface area (Å²) in [5.74, 6) is 2.49. The summed E-state index contributed by atoms with van der Waals surface area (Å²) in [5, 5.41) is 10.2. The maximum absolute atomic E-state index is 12.4. The van der Waals surface area contributed by atoms with Gasteiger partial charge in [0.25, 0.3) is 0 Å². The highest BCUT2D eigenvalue weighted by atomic mass is 79.9. The number of aliphatic hydroxyl groups excluding tert-OH is 1. The third kappa shape index (κ3) is 1.84. The van der Waals surface area contributed by atoms with E-state index in [0.29, 0.717) is 23.5 Å². The summed E-state index contributed by atoms with van der Waals surface area (Å²) < 4.78 is 0. The number of hydrogen-bond acceptors (Lipinski definition) is 2. The second kappa shape index (κ2) is 4.92. The molecule has 122 valence electrons. The van der Waals surface area contributed by atoms with Gasteiger partial charge < -0.3 is 5.11 Å². The van der Waals surface area contributed by atoms with Crippen molar-refractivity contribution in [3.63, 3.8) is 0 Å². The lowest BCUT2D eigenvalue weighted by Gasteiger charge is -2.57. The topological polar surface area (TPSA) is 37.3 Å². The summed E-state index contributed by atoms with van der Waals surface area (Å²) in [5.41, 5.74) is 1.63. The third-order valence-electron chi connectivity index (χ3n) is 7.83. The summed E-state index contributed by atoms with van der Waals surface area (Å²) in [6, 6.07) is 0. The number of fused-ring (bicyclic) bond motifs is 5. The second-order valence-corrected chi connectivity index (χ2v) is 9.60. The maximum atomic E-state index is 12.4. The normalized spacial score (nSPS) is 54.3. The molecule has 0 bridgehead atoms. The molecule has 22 heavy (non-hydrogen) atoms. The monoisotopic (exact) mass is 366 g/mol. The number of allylic oxidation sites excluding steroid dienone is 1. The highest BCUT2D eigenvalue weighted by molar-refractivity contribution is 9.09. The summed E-state index contributed by atoms with van der Waals surface area (Å²) in [4.78, 5) is 12.5. The largest absolute Gasteiger partial charge is 0.392 e. The van der Waals surface area contributed by atoms with Gasteiger partial charge >= 0.3 is 0 Å². The molecule has 3 fully saturated rings. The minimum absolute atomic E-state index is 0.0369. The van der Waals surface area contributed by atoms with E-state index in [-0.39, 0.29) is 21.8 Å². The van der Waals surface area contributed by atoms with Crippen LogP contribution in [0.3, 0.4) is 0 Å². The van der Waals surface area contributed by atoms with Crippen LogP contribution >= 0.6 is 15.9 Å². The number of halogens is 1. The van der Waals surface area contributed by atoms with Crippen LogP contribution in [0.15, 0.2) is 11.6 Å². The standard InChI is InChI=1S/C19H27BrO2/c1-18-10-8-15(21)17(20)14(18)4-3-11-12-5-6-16(22)19(12,2)9-7-13(11)18/h4,11-13,15,17,21H,3,5-10H2,1-2H3/t11-,12-,13-,15-,17?,18+,19-/m0/s1. The van der Waals surface area contributed by atoms with E-state index in [1.54, 1.807) is 0 Å². The Morgan fingerprint density at radius 3 is 2.59 bits per heavy atom. The van der Waals surface area contributed by atoms with E-state index in [2.05, 4.69) is 35.9 Å². The molecule has 0 aromatic heterocycles. The number of rotatable bonds is 0. The van der Waals surface area contributed by atoms with E-state index in [9.17, 15) is 9.90 Å². The van der Waals surface area contributed by atoms with Crippen LogP contribution in [0.5, 0.6) is 0 Å². The Morgan fingerprint density at radius 1 is 1.14 bits per heavy atom. The molecule has 0 amide bonds. The van der Waals surface area contributed by atoms with Crippen molar-refractivity contribution in [2.45, 2.75) is 69.7 Å². The van der Waals surface area contributed by atoms with Crippen LogP contribution in [0.4, 0.5) is 0 Å². The molecule has 1 unspecified atom stereocenters. The lowest BCUT2D eigenvalue weighted by Crippen LogP contribution is -2.52. The number of aliphatic hydroxyl groups is 1. The average molecular weight is 367 g/mol.